The van der Waals surface area contributed by atoms with Gasteiger partial charge in [0.1, 0.15) is 11.4 Å². The van der Waals surface area contributed by atoms with Crippen LogP contribution in [0.1, 0.15) is 35.3 Å². The number of para-hydroxylation sites is 1. The molecule has 0 unspecified atom stereocenters. The summed E-state index contributed by atoms with van der Waals surface area (Å²) in [5.74, 6) is -1.95. The molecule has 0 spiro atoms. The lowest BCUT2D eigenvalue weighted by atomic mass is 10.1. The van der Waals surface area contributed by atoms with Crippen LogP contribution in [0.4, 0.5) is 0 Å². The van der Waals surface area contributed by atoms with Crippen LogP contribution in [0.3, 0.4) is 0 Å². The summed E-state index contributed by atoms with van der Waals surface area (Å²) >= 11 is 0. The molecule has 0 aliphatic heterocycles. The average Bonchev–Trinajstić information content (AvgIpc) is 3.33. The van der Waals surface area contributed by atoms with Gasteiger partial charge in [-0.1, -0.05) is 48.0 Å². The fraction of sp³-hybridized carbons (Fsp3) is 0.138. The minimum atomic E-state index is -0.703. The van der Waals surface area contributed by atoms with Gasteiger partial charge in [0.2, 0.25) is 0 Å². The Bertz CT molecular complexity index is 1540. The number of nitrogens with one attached hydrogen (secondary N) is 1. The Morgan fingerprint density at radius 3 is 2.21 bits per heavy atom. The molecule has 4 aromatic rings. The first kappa shape index (κ1) is 26.8. The summed E-state index contributed by atoms with van der Waals surface area (Å²) in [4.78, 5) is 36.2. The van der Waals surface area contributed by atoms with Gasteiger partial charge in [-0.05, 0) is 19.1 Å². The summed E-state index contributed by atoms with van der Waals surface area (Å²) in [5, 5.41) is 8.86. The van der Waals surface area contributed by atoms with Crippen molar-refractivity contribution in [3.05, 3.63) is 89.6 Å². The molecule has 0 bridgehead atoms. The minimum absolute atomic E-state index is 0.0131. The summed E-state index contributed by atoms with van der Waals surface area (Å²) in [6, 6.07) is 20.0. The SMILES string of the molecule is COc1cc(OC(C)=O)c(C(=O)N/N=C\c2cn(-c3ccccc3)nc2-c2ccc(C)cc2)cc1OC(C)=O. The van der Waals surface area contributed by atoms with Crippen LogP contribution in [0, 0.1) is 6.92 Å². The molecule has 0 saturated heterocycles. The molecule has 10 nitrogen and oxygen atoms in total. The van der Waals surface area contributed by atoms with Crippen LogP contribution >= 0.6 is 0 Å². The maximum Gasteiger partial charge on any atom is 0.308 e. The predicted octanol–water partition coefficient (Wildman–Crippen LogP) is 4.47. The van der Waals surface area contributed by atoms with Crippen molar-refractivity contribution < 1.29 is 28.6 Å². The Labute approximate surface area is 224 Å². The number of hydrogen-bond donors (Lipinski definition) is 1. The standard InChI is InChI=1S/C29H26N4O6/c1-18-10-12-21(13-11-18)28-22(17-33(32-28)23-8-6-5-7-9-23)16-30-31-29(36)24-14-27(39-20(3)35)26(37-4)15-25(24)38-19(2)34/h5-17H,1-4H3,(H,31,36)/b30-16-. The Hall–Kier alpha value is -5.25. The number of hydrogen-bond acceptors (Lipinski definition) is 8. The Kier molecular flexibility index (Phi) is 8.15. The number of rotatable bonds is 8. The summed E-state index contributed by atoms with van der Waals surface area (Å²) in [7, 11) is 1.35. The number of amides is 1. The zero-order valence-corrected chi connectivity index (χ0v) is 21.8. The largest absolute Gasteiger partial charge is 0.493 e. The summed E-state index contributed by atoms with van der Waals surface area (Å²) < 4.78 is 17.3. The first-order valence-corrected chi connectivity index (χ1v) is 11.9. The lowest BCUT2D eigenvalue weighted by Crippen LogP contribution is -2.20. The fourth-order valence-corrected chi connectivity index (χ4v) is 3.70. The Morgan fingerprint density at radius 2 is 1.56 bits per heavy atom. The number of carbonyl (C=O) groups excluding carboxylic acids is 3. The van der Waals surface area contributed by atoms with Crippen molar-refractivity contribution in [3.8, 4) is 34.2 Å². The summed E-state index contributed by atoms with van der Waals surface area (Å²) in [5.41, 5.74) is 6.51. The highest BCUT2D eigenvalue weighted by molar-refractivity contribution is 5.99. The van der Waals surface area contributed by atoms with Gasteiger partial charge >= 0.3 is 11.9 Å². The van der Waals surface area contributed by atoms with Gasteiger partial charge in [-0.2, -0.15) is 10.2 Å². The molecule has 0 fully saturated rings. The van der Waals surface area contributed by atoms with Crippen molar-refractivity contribution in [2.45, 2.75) is 20.8 Å². The van der Waals surface area contributed by atoms with Crippen molar-refractivity contribution in [1.29, 1.82) is 0 Å². The Balaban J connectivity index is 1.66. The van der Waals surface area contributed by atoms with Crippen LogP contribution in [0.25, 0.3) is 16.9 Å². The Morgan fingerprint density at radius 1 is 0.897 bits per heavy atom. The number of ether oxygens (including phenoxy) is 3. The zero-order chi connectivity index (χ0) is 27.9. The quantitative estimate of drug-likeness (QED) is 0.156. The fourth-order valence-electron chi connectivity index (χ4n) is 3.70. The molecular formula is C29H26N4O6. The summed E-state index contributed by atoms with van der Waals surface area (Å²) in [6.07, 6.45) is 3.28. The first-order chi connectivity index (χ1) is 18.7. The van der Waals surface area contributed by atoms with E-state index in [1.807, 2.05) is 61.5 Å². The summed E-state index contributed by atoms with van der Waals surface area (Å²) in [6.45, 7) is 4.41. The highest BCUT2D eigenvalue weighted by Crippen LogP contribution is 2.35. The molecule has 1 amide bonds. The van der Waals surface area contributed by atoms with Gasteiger partial charge < -0.3 is 14.2 Å². The molecule has 0 radical (unpaired) electrons. The third-order valence-electron chi connectivity index (χ3n) is 5.48. The third-order valence-corrected chi connectivity index (χ3v) is 5.48. The second-order valence-corrected chi connectivity index (χ2v) is 8.46. The van der Waals surface area contributed by atoms with Gasteiger partial charge in [0.05, 0.1) is 24.6 Å². The van der Waals surface area contributed by atoms with Crippen LogP contribution in [-0.4, -0.2) is 41.0 Å². The number of hydrazone groups is 1. The molecule has 198 valence electrons. The van der Waals surface area contributed by atoms with Crippen molar-refractivity contribution in [2.75, 3.05) is 7.11 Å². The van der Waals surface area contributed by atoms with E-state index in [1.165, 1.54) is 39.3 Å². The molecule has 0 aliphatic rings. The van der Waals surface area contributed by atoms with Crippen LogP contribution in [0.2, 0.25) is 0 Å². The molecule has 1 aromatic heterocycles. The van der Waals surface area contributed by atoms with Gasteiger partial charge in [-0.3, -0.25) is 14.4 Å². The molecule has 1 N–H and O–H groups in total. The molecule has 3 aromatic carbocycles. The monoisotopic (exact) mass is 526 g/mol. The van der Waals surface area contributed by atoms with E-state index in [0.717, 1.165) is 16.8 Å². The predicted molar refractivity (Wildman–Crippen MR) is 144 cm³/mol. The molecule has 10 heteroatoms. The molecule has 39 heavy (non-hydrogen) atoms. The first-order valence-electron chi connectivity index (χ1n) is 11.9. The highest BCUT2D eigenvalue weighted by atomic mass is 16.6. The number of aromatic nitrogens is 2. The normalized spacial score (nSPS) is 10.8. The van der Waals surface area contributed by atoms with E-state index in [4.69, 9.17) is 19.3 Å². The van der Waals surface area contributed by atoms with E-state index in [-0.39, 0.29) is 22.8 Å². The molecule has 4 rings (SSSR count). The van der Waals surface area contributed by atoms with E-state index >= 15 is 0 Å². The van der Waals surface area contributed by atoms with E-state index in [0.29, 0.717) is 11.3 Å². The van der Waals surface area contributed by atoms with E-state index in [1.54, 1.807) is 10.9 Å². The van der Waals surface area contributed by atoms with Crippen molar-refractivity contribution in [3.63, 3.8) is 0 Å². The van der Waals surface area contributed by atoms with Crippen molar-refractivity contribution in [2.24, 2.45) is 5.10 Å². The highest BCUT2D eigenvalue weighted by Gasteiger charge is 2.21. The lowest BCUT2D eigenvalue weighted by Gasteiger charge is -2.13. The molecular weight excluding hydrogens is 500 g/mol. The van der Waals surface area contributed by atoms with Crippen LogP contribution in [-0.2, 0) is 9.59 Å². The van der Waals surface area contributed by atoms with Gasteiger partial charge in [0, 0.05) is 43.3 Å². The van der Waals surface area contributed by atoms with E-state index < -0.39 is 17.8 Å². The van der Waals surface area contributed by atoms with Gasteiger partial charge in [-0.15, -0.1) is 0 Å². The van der Waals surface area contributed by atoms with Gasteiger partial charge in [0.25, 0.3) is 5.91 Å². The smallest absolute Gasteiger partial charge is 0.308 e. The number of carbonyl (C=O) groups is 3. The molecule has 1 heterocycles. The number of esters is 2. The maximum atomic E-state index is 13.1. The van der Waals surface area contributed by atoms with E-state index in [2.05, 4.69) is 10.5 Å². The van der Waals surface area contributed by atoms with Crippen LogP contribution in [0.5, 0.6) is 17.2 Å². The van der Waals surface area contributed by atoms with Gasteiger partial charge in [0.15, 0.2) is 11.5 Å². The number of methoxy groups -OCH3 is 1. The van der Waals surface area contributed by atoms with Crippen molar-refractivity contribution in [1.82, 2.24) is 15.2 Å². The molecule has 0 saturated carbocycles. The second kappa shape index (κ2) is 11.9. The molecule has 0 atom stereocenters. The topological polar surface area (TPSA) is 121 Å². The zero-order valence-electron chi connectivity index (χ0n) is 21.8. The van der Waals surface area contributed by atoms with Crippen LogP contribution in [0.15, 0.2) is 78.0 Å². The minimum Gasteiger partial charge on any atom is -0.493 e. The van der Waals surface area contributed by atoms with Gasteiger partial charge in [-0.25, -0.2) is 10.1 Å². The maximum absolute atomic E-state index is 13.1. The van der Waals surface area contributed by atoms with Crippen LogP contribution < -0.4 is 19.6 Å². The number of benzene rings is 3. The van der Waals surface area contributed by atoms with E-state index in [9.17, 15) is 14.4 Å². The average molecular weight is 527 g/mol. The third kappa shape index (κ3) is 6.55. The number of nitrogens with zero attached hydrogens (tertiary/aromatic N) is 3. The number of aryl methyl sites for hydroxylation is 1. The second-order valence-electron chi connectivity index (χ2n) is 8.46. The lowest BCUT2D eigenvalue weighted by molar-refractivity contribution is -0.133. The molecule has 0 aliphatic carbocycles. The van der Waals surface area contributed by atoms with Crippen molar-refractivity contribution >= 4 is 24.1 Å².